The number of fused-ring (bicyclic) bond motifs is 10. The molecule has 5 atom stereocenters. The van der Waals surface area contributed by atoms with Gasteiger partial charge < -0.3 is 23.9 Å². The number of aryl methyl sites for hydroxylation is 1. The van der Waals surface area contributed by atoms with Gasteiger partial charge in [-0.25, -0.2) is 14.6 Å². The molecule has 0 saturated heterocycles. The van der Waals surface area contributed by atoms with Crippen molar-refractivity contribution in [2.24, 2.45) is 4.99 Å². The summed E-state index contributed by atoms with van der Waals surface area (Å²) < 4.78 is 22.4. The van der Waals surface area contributed by atoms with E-state index in [0.29, 0.717) is 44.9 Å². The molecule has 6 aromatic rings. The number of carbonyl (C=O) groups is 4. The Hall–Kier alpha value is -5.16. The second-order valence-electron chi connectivity index (χ2n) is 15.1. The zero-order chi connectivity index (χ0) is 43.1. The molecule has 11 nitrogen and oxygen atoms in total. The maximum absolute atomic E-state index is 12.8. The molecule has 0 amide bonds. The van der Waals surface area contributed by atoms with Crippen molar-refractivity contribution >= 4 is 84.8 Å². The minimum atomic E-state index is -0.743. The third-order valence-electron chi connectivity index (χ3n) is 11.5. The van der Waals surface area contributed by atoms with Gasteiger partial charge in [-0.2, -0.15) is 0 Å². The van der Waals surface area contributed by atoms with E-state index in [0.717, 1.165) is 65.5 Å². The number of benzene rings is 5. The van der Waals surface area contributed by atoms with Gasteiger partial charge in [0.1, 0.15) is 30.3 Å². The Morgan fingerprint density at radius 1 is 0.774 bits per heavy atom. The highest BCUT2D eigenvalue weighted by Gasteiger charge is 2.33. The molecule has 1 aliphatic carbocycles. The van der Waals surface area contributed by atoms with Crippen LogP contribution in [-0.2, 0) is 35.5 Å². The van der Waals surface area contributed by atoms with Gasteiger partial charge in [0.25, 0.3) is 0 Å². The topological polar surface area (TPSA) is 146 Å². The van der Waals surface area contributed by atoms with Crippen LogP contribution in [0.5, 0.6) is 11.5 Å². The van der Waals surface area contributed by atoms with Gasteiger partial charge in [-0.15, -0.1) is 0 Å². The molecular formula is C47H43N3O8P4. The lowest BCUT2D eigenvalue weighted by atomic mass is 9.84. The molecule has 62 heavy (non-hydrogen) atoms. The molecule has 1 N–H and O–H groups in total. The number of Topliss-reactive ketones (excluding diaryl/α,β-unsaturated/α-hetero) is 2. The summed E-state index contributed by atoms with van der Waals surface area (Å²) in [6.45, 7) is 8.32. The van der Waals surface area contributed by atoms with E-state index in [2.05, 4.69) is 65.8 Å². The number of aromatic amines is 1. The molecule has 4 heterocycles. The summed E-state index contributed by atoms with van der Waals surface area (Å²) in [5.41, 5.74) is 14.4. The summed E-state index contributed by atoms with van der Waals surface area (Å²) in [4.78, 5) is 60.8. The number of aliphatic imine (C=N–C) groups is 1. The third kappa shape index (κ3) is 8.25. The fourth-order valence-corrected chi connectivity index (χ4v) is 9.80. The van der Waals surface area contributed by atoms with Gasteiger partial charge in [-0.1, -0.05) is 47.5 Å². The molecule has 0 saturated carbocycles. The molecule has 1 aromatic heterocycles. The maximum atomic E-state index is 12.8. The van der Waals surface area contributed by atoms with Gasteiger partial charge in [-0.05, 0) is 149 Å². The lowest BCUT2D eigenvalue weighted by Gasteiger charge is -2.27. The Morgan fingerprint density at radius 3 is 2.26 bits per heavy atom. The van der Waals surface area contributed by atoms with Crippen LogP contribution < -0.4 is 15.0 Å². The molecule has 5 unspecified atom stereocenters. The first-order chi connectivity index (χ1) is 30.1. The fourth-order valence-electron chi connectivity index (χ4n) is 8.29. The normalized spacial score (nSPS) is 16.0. The van der Waals surface area contributed by atoms with Crippen molar-refractivity contribution < 1.29 is 38.1 Å². The average molecular weight is 902 g/mol. The van der Waals surface area contributed by atoms with Crippen LogP contribution in [0.4, 0.5) is 15.3 Å². The first kappa shape index (κ1) is 42.2. The Bertz CT molecular complexity index is 2870. The summed E-state index contributed by atoms with van der Waals surface area (Å²) in [5, 5.41) is 2.53. The largest absolute Gasteiger partial charge is 0.488 e. The molecule has 0 radical (unpaired) electrons. The number of carbonyl (C=O) groups excluding carboxylic acids is 4. The molecule has 5 aromatic carbocycles. The standard InChI is InChI=1S/C24H21N3OP2.C23H22O7P2/c1-29-23-10-18-17-9-22-19(8-13(17)4-6-20(18)26-23)16-5-3-14(7-15(16)12-28-22)21-11-25-24(27-21)30-2;1-31-22(26)29-11-18(24)13-3-5-15-14(7-13)10-28-20-9-16-12(8-17(15)20)4-6-19(21(16)25)30-23(27)32-2/h3-9,11,29-30H,10,12H2,1-2H3,(H,25,27);3,5,7-9,19,31-32H,4,6,10-11H2,1-2H3. The molecule has 0 spiro atoms. The van der Waals surface area contributed by atoms with Crippen molar-refractivity contribution in [3.05, 3.63) is 112 Å². The van der Waals surface area contributed by atoms with E-state index in [4.69, 9.17) is 23.9 Å². The van der Waals surface area contributed by atoms with E-state index in [1.807, 2.05) is 18.3 Å². The van der Waals surface area contributed by atoms with E-state index >= 15 is 0 Å². The van der Waals surface area contributed by atoms with E-state index in [-0.39, 0.29) is 53.4 Å². The molecule has 314 valence electrons. The van der Waals surface area contributed by atoms with Crippen LogP contribution in [-0.4, -0.2) is 77.8 Å². The van der Waals surface area contributed by atoms with Crippen molar-refractivity contribution in [1.82, 2.24) is 9.97 Å². The van der Waals surface area contributed by atoms with Crippen molar-refractivity contribution in [2.45, 2.75) is 38.6 Å². The number of nitrogens with one attached hydrogen (secondary N) is 1. The number of ether oxygens (including phenoxy) is 4. The molecule has 0 fully saturated rings. The Labute approximate surface area is 365 Å². The zero-order valence-corrected chi connectivity index (χ0v) is 38.5. The number of hydrogen-bond donors (Lipinski definition) is 1. The molecule has 15 heteroatoms. The van der Waals surface area contributed by atoms with Crippen molar-refractivity contribution in [3.8, 4) is 45.0 Å². The van der Waals surface area contributed by atoms with Crippen molar-refractivity contribution in [1.29, 1.82) is 0 Å². The van der Waals surface area contributed by atoms with Gasteiger partial charge in [0.2, 0.25) is 5.78 Å². The summed E-state index contributed by atoms with van der Waals surface area (Å²) in [5.74, 6) is 1.10. The van der Waals surface area contributed by atoms with Gasteiger partial charge in [0.15, 0.2) is 18.5 Å². The number of ketones is 2. The van der Waals surface area contributed by atoms with Crippen molar-refractivity contribution in [3.63, 3.8) is 0 Å². The van der Waals surface area contributed by atoms with Crippen LogP contribution in [0.2, 0.25) is 0 Å². The summed E-state index contributed by atoms with van der Waals surface area (Å²) in [6, 6.07) is 24.5. The predicted molar refractivity (Wildman–Crippen MR) is 253 cm³/mol. The van der Waals surface area contributed by atoms with Crippen molar-refractivity contribution in [2.75, 3.05) is 33.3 Å². The Morgan fingerprint density at radius 2 is 1.52 bits per heavy atom. The number of H-pyrrole nitrogens is 1. The summed E-state index contributed by atoms with van der Waals surface area (Å²) >= 11 is 0. The smallest absolute Gasteiger partial charge is 0.323 e. The number of rotatable bonds is 9. The number of nitrogens with zero attached hydrogens (tertiary/aromatic N) is 2. The van der Waals surface area contributed by atoms with E-state index < -0.39 is 6.10 Å². The van der Waals surface area contributed by atoms with Gasteiger partial charge in [0.05, 0.1) is 17.6 Å². The third-order valence-corrected chi connectivity index (χ3v) is 14.2. The van der Waals surface area contributed by atoms with E-state index in [1.165, 1.54) is 38.5 Å². The first-order valence-electron chi connectivity index (χ1n) is 20.2. The lowest BCUT2D eigenvalue weighted by Crippen LogP contribution is -2.31. The molecular weight excluding hydrogens is 858 g/mol. The average Bonchev–Trinajstić information content (AvgIpc) is 3.98. The Kier molecular flexibility index (Phi) is 12.2. The van der Waals surface area contributed by atoms with Crippen LogP contribution in [0.3, 0.4) is 0 Å². The highest BCUT2D eigenvalue weighted by molar-refractivity contribution is 7.57. The molecule has 0 bridgehead atoms. The molecule has 3 aliphatic heterocycles. The van der Waals surface area contributed by atoms with Gasteiger partial charge in [0, 0.05) is 34.1 Å². The number of imidazole rings is 1. The monoisotopic (exact) mass is 901 g/mol. The second-order valence-corrected chi connectivity index (χ2v) is 19.0. The van der Waals surface area contributed by atoms with Crippen LogP contribution in [0, 0.1) is 0 Å². The Balaban J connectivity index is 0.000000158. The highest BCUT2D eigenvalue weighted by atomic mass is 31.1. The molecule has 4 aliphatic rings. The predicted octanol–water partition coefficient (Wildman–Crippen LogP) is 10.4. The molecule has 10 rings (SSSR count). The van der Waals surface area contributed by atoms with Crippen LogP contribution in [0.25, 0.3) is 44.3 Å². The number of hydrogen-bond acceptors (Lipinski definition) is 10. The highest BCUT2D eigenvalue weighted by Crippen LogP contribution is 2.45. The summed E-state index contributed by atoms with van der Waals surface area (Å²) in [6.07, 6.45) is 3.22. The first-order valence-corrected chi connectivity index (χ1v) is 26.2. The second kappa shape index (κ2) is 17.9. The zero-order valence-electron chi connectivity index (χ0n) is 34.5. The van der Waals surface area contributed by atoms with Crippen LogP contribution in [0.15, 0.2) is 84.0 Å². The van der Waals surface area contributed by atoms with Gasteiger partial charge >= 0.3 is 11.4 Å². The van der Waals surface area contributed by atoms with Crippen LogP contribution >= 0.6 is 34.3 Å². The van der Waals surface area contributed by atoms with E-state index in [9.17, 15) is 19.2 Å². The SMILES string of the molecule is CPC(=O)OCC(=O)c1ccc2c(c1)COc1cc3c(cc1-2)CCC(OC(=O)PC)C3=O.CPC1=Nc2ccc3cc4c(cc3c2C1)OCc1cc(-c2cnc(PC)[nH]2)ccc1-4. The number of aromatic nitrogens is 2. The fraction of sp³-hybridized carbons (Fsp3) is 0.234. The van der Waals surface area contributed by atoms with E-state index in [1.54, 1.807) is 31.5 Å². The van der Waals surface area contributed by atoms with Gasteiger partial charge in [-0.3, -0.25) is 14.6 Å². The minimum absolute atomic E-state index is 0.00806. The maximum Gasteiger partial charge on any atom is 0.323 e. The summed E-state index contributed by atoms with van der Waals surface area (Å²) in [7, 11) is 1.41. The van der Waals surface area contributed by atoms with Crippen LogP contribution in [0.1, 0.15) is 49.4 Å². The minimum Gasteiger partial charge on any atom is -0.488 e. The lowest BCUT2D eigenvalue weighted by molar-refractivity contribution is 0.0657. The quantitative estimate of drug-likeness (QED) is 0.111.